The quantitative estimate of drug-likeness (QED) is 0.767. The SMILES string of the molecule is O=C(Nc1ccccc1N([O-])O)C(F)(F)F. The van der Waals surface area contributed by atoms with E-state index in [1.807, 2.05) is 0 Å². The van der Waals surface area contributed by atoms with Crippen molar-refractivity contribution in [2.45, 2.75) is 6.18 Å². The van der Waals surface area contributed by atoms with Crippen molar-refractivity contribution >= 4 is 17.3 Å². The molecule has 0 aliphatic carbocycles. The van der Waals surface area contributed by atoms with Crippen LogP contribution in [0.2, 0.25) is 0 Å². The number of nitrogens with one attached hydrogen (secondary N) is 1. The first-order chi connectivity index (χ1) is 7.32. The van der Waals surface area contributed by atoms with E-state index in [1.54, 1.807) is 0 Å². The molecule has 5 nitrogen and oxygen atoms in total. The van der Waals surface area contributed by atoms with E-state index >= 15 is 0 Å². The van der Waals surface area contributed by atoms with Crippen LogP contribution < -0.4 is 10.5 Å². The summed E-state index contributed by atoms with van der Waals surface area (Å²) in [5.41, 5.74) is -0.914. The summed E-state index contributed by atoms with van der Waals surface area (Å²) in [5, 5.41) is 19.9. The van der Waals surface area contributed by atoms with E-state index in [9.17, 15) is 23.2 Å². The van der Waals surface area contributed by atoms with Crippen molar-refractivity contribution in [3.05, 3.63) is 29.5 Å². The number of nitrogens with zero attached hydrogens (tertiary/aromatic N) is 1. The molecule has 2 N–H and O–H groups in total. The van der Waals surface area contributed by atoms with Crippen LogP contribution in [0.15, 0.2) is 24.3 Å². The van der Waals surface area contributed by atoms with Gasteiger partial charge in [-0.25, -0.2) is 0 Å². The topological polar surface area (TPSA) is 75.6 Å². The highest BCUT2D eigenvalue weighted by molar-refractivity contribution is 5.97. The van der Waals surface area contributed by atoms with Gasteiger partial charge in [0.15, 0.2) is 0 Å². The first-order valence-corrected chi connectivity index (χ1v) is 3.95. The van der Waals surface area contributed by atoms with Crippen LogP contribution in [-0.2, 0) is 4.79 Å². The van der Waals surface area contributed by atoms with Gasteiger partial charge in [0.2, 0.25) is 0 Å². The van der Waals surface area contributed by atoms with Crippen molar-refractivity contribution in [1.82, 2.24) is 0 Å². The molecule has 0 unspecified atom stereocenters. The van der Waals surface area contributed by atoms with Crippen LogP contribution in [0.5, 0.6) is 0 Å². The van der Waals surface area contributed by atoms with E-state index < -0.39 is 28.7 Å². The van der Waals surface area contributed by atoms with Crippen LogP contribution in [-0.4, -0.2) is 17.3 Å². The summed E-state index contributed by atoms with van der Waals surface area (Å²) in [5.74, 6) is -2.22. The van der Waals surface area contributed by atoms with E-state index in [4.69, 9.17) is 5.21 Å². The van der Waals surface area contributed by atoms with Gasteiger partial charge in [0.05, 0.1) is 11.4 Å². The van der Waals surface area contributed by atoms with Crippen molar-refractivity contribution in [2.75, 3.05) is 10.5 Å². The number of halogens is 3. The second-order valence-corrected chi connectivity index (χ2v) is 2.74. The van der Waals surface area contributed by atoms with Crippen molar-refractivity contribution < 1.29 is 23.2 Å². The molecule has 0 saturated heterocycles. The standard InChI is InChI=1S/C8H6F3N2O3/c9-8(10,11)7(14)12-5-3-1-2-4-6(5)13(15)16/h1-4,15H,(H,12,14)/q-1. The maximum atomic E-state index is 11.9. The maximum Gasteiger partial charge on any atom is 0.471 e. The van der Waals surface area contributed by atoms with Crippen molar-refractivity contribution in [2.24, 2.45) is 0 Å². The van der Waals surface area contributed by atoms with Gasteiger partial charge in [-0.15, -0.1) is 0 Å². The zero-order chi connectivity index (χ0) is 12.3. The fourth-order valence-electron chi connectivity index (χ4n) is 0.939. The number of anilines is 2. The minimum atomic E-state index is -5.06. The van der Waals surface area contributed by atoms with Gasteiger partial charge in [0, 0.05) is 0 Å². The van der Waals surface area contributed by atoms with Gasteiger partial charge in [0.1, 0.15) is 0 Å². The molecular weight excluding hydrogens is 229 g/mol. The summed E-state index contributed by atoms with van der Waals surface area (Å²) in [4.78, 5) is 10.6. The number of benzene rings is 1. The number of hydrogen-bond donors (Lipinski definition) is 2. The third-order valence-electron chi connectivity index (χ3n) is 1.62. The Labute approximate surface area is 87.6 Å². The van der Waals surface area contributed by atoms with Gasteiger partial charge in [-0.05, 0) is 12.1 Å². The minimum absolute atomic E-state index is 0.428. The molecule has 0 aliphatic heterocycles. The minimum Gasteiger partial charge on any atom is -0.733 e. The molecule has 0 atom stereocenters. The first kappa shape index (κ1) is 12.3. The van der Waals surface area contributed by atoms with Gasteiger partial charge >= 0.3 is 12.1 Å². The summed E-state index contributed by atoms with van der Waals surface area (Å²) in [6, 6.07) is 4.73. The second kappa shape index (κ2) is 4.37. The molecule has 0 fully saturated rings. The Morgan fingerprint density at radius 3 is 2.44 bits per heavy atom. The van der Waals surface area contributed by atoms with E-state index in [-0.39, 0.29) is 0 Å². The summed E-state index contributed by atoms with van der Waals surface area (Å²) in [6.45, 7) is 0. The Morgan fingerprint density at radius 2 is 1.94 bits per heavy atom. The Morgan fingerprint density at radius 1 is 1.38 bits per heavy atom. The van der Waals surface area contributed by atoms with Crippen LogP contribution in [0, 0.1) is 5.21 Å². The van der Waals surface area contributed by atoms with Crippen LogP contribution in [0.25, 0.3) is 0 Å². The van der Waals surface area contributed by atoms with E-state index in [0.29, 0.717) is 0 Å². The Hall–Kier alpha value is -1.80. The summed E-state index contributed by atoms with van der Waals surface area (Å²) in [7, 11) is 0. The molecule has 0 aromatic heterocycles. The number of hydrogen-bond acceptors (Lipinski definition) is 4. The smallest absolute Gasteiger partial charge is 0.471 e. The number of amides is 1. The Balaban J connectivity index is 2.94. The molecule has 0 heterocycles. The Kier molecular flexibility index (Phi) is 3.35. The molecular formula is C8H6F3N2O3-. The molecule has 1 rings (SSSR count). The van der Waals surface area contributed by atoms with E-state index in [0.717, 1.165) is 12.1 Å². The van der Waals surface area contributed by atoms with Crippen LogP contribution >= 0.6 is 0 Å². The van der Waals surface area contributed by atoms with Crippen molar-refractivity contribution in [3.63, 3.8) is 0 Å². The number of carbonyl (C=O) groups is 1. The lowest BCUT2D eigenvalue weighted by Crippen LogP contribution is -2.30. The average molecular weight is 235 g/mol. The molecule has 1 aromatic carbocycles. The molecule has 16 heavy (non-hydrogen) atoms. The van der Waals surface area contributed by atoms with Gasteiger partial charge in [-0.2, -0.15) is 13.2 Å². The fourth-order valence-corrected chi connectivity index (χ4v) is 0.939. The van der Waals surface area contributed by atoms with Crippen molar-refractivity contribution in [1.29, 1.82) is 0 Å². The molecule has 0 saturated carbocycles. The summed E-state index contributed by atoms with van der Waals surface area (Å²) >= 11 is 0. The largest absolute Gasteiger partial charge is 0.733 e. The monoisotopic (exact) mass is 235 g/mol. The van der Waals surface area contributed by atoms with Crippen molar-refractivity contribution in [3.8, 4) is 0 Å². The lowest BCUT2D eigenvalue weighted by Gasteiger charge is -2.24. The van der Waals surface area contributed by atoms with Crippen LogP contribution in [0.4, 0.5) is 24.5 Å². The van der Waals surface area contributed by atoms with E-state index in [1.165, 1.54) is 17.4 Å². The molecule has 0 radical (unpaired) electrons. The first-order valence-electron chi connectivity index (χ1n) is 3.95. The fraction of sp³-hybridized carbons (Fsp3) is 0.125. The summed E-state index contributed by atoms with van der Waals surface area (Å²) in [6.07, 6.45) is -5.06. The summed E-state index contributed by atoms with van der Waals surface area (Å²) < 4.78 is 35.7. The second-order valence-electron chi connectivity index (χ2n) is 2.74. The molecule has 0 bridgehead atoms. The normalized spacial score (nSPS) is 11.1. The molecule has 1 amide bonds. The Bertz CT molecular complexity index is 392. The van der Waals surface area contributed by atoms with Gasteiger partial charge < -0.3 is 15.8 Å². The lowest BCUT2D eigenvalue weighted by molar-refractivity contribution is -0.167. The third-order valence-corrected chi connectivity index (χ3v) is 1.62. The zero-order valence-electron chi connectivity index (χ0n) is 7.65. The van der Waals surface area contributed by atoms with Gasteiger partial charge in [-0.1, -0.05) is 12.1 Å². The number of carbonyl (C=O) groups excluding carboxylic acids is 1. The van der Waals surface area contributed by atoms with Crippen LogP contribution in [0.1, 0.15) is 0 Å². The van der Waals surface area contributed by atoms with Crippen LogP contribution in [0.3, 0.4) is 0 Å². The molecule has 88 valence electrons. The zero-order valence-corrected chi connectivity index (χ0v) is 7.65. The average Bonchev–Trinajstić information content (AvgIpc) is 2.16. The lowest BCUT2D eigenvalue weighted by atomic mass is 10.2. The molecule has 8 heteroatoms. The van der Waals surface area contributed by atoms with Gasteiger partial charge in [0.25, 0.3) is 0 Å². The molecule has 0 spiro atoms. The number of para-hydroxylation sites is 2. The number of rotatable bonds is 2. The highest BCUT2D eigenvalue weighted by atomic mass is 19.4. The predicted molar refractivity (Wildman–Crippen MR) is 48.8 cm³/mol. The highest BCUT2D eigenvalue weighted by Gasteiger charge is 2.38. The molecule has 0 aliphatic rings. The van der Waals surface area contributed by atoms with Gasteiger partial charge in [-0.3, -0.25) is 10.0 Å². The third kappa shape index (κ3) is 2.84. The number of alkyl halides is 3. The highest BCUT2D eigenvalue weighted by Crippen LogP contribution is 2.26. The molecule has 1 aromatic rings. The van der Waals surface area contributed by atoms with E-state index in [2.05, 4.69) is 0 Å². The predicted octanol–water partition coefficient (Wildman–Crippen LogP) is 1.88. The maximum absolute atomic E-state index is 11.9.